The first-order chi connectivity index (χ1) is 12.1. The molecule has 1 aliphatic heterocycles. The lowest BCUT2D eigenvalue weighted by atomic mass is 10.0. The quantitative estimate of drug-likeness (QED) is 0.781. The number of amides is 1. The van der Waals surface area contributed by atoms with Gasteiger partial charge in [0.05, 0.1) is 17.7 Å². The average molecular weight is 336 g/mol. The summed E-state index contributed by atoms with van der Waals surface area (Å²) in [6.07, 6.45) is 3.04. The molecule has 1 aromatic heterocycles. The van der Waals surface area contributed by atoms with Crippen LogP contribution >= 0.6 is 0 Å². The predicted molar refractivity (Wildman–Crippen MR) is 92.5 cm³/mol. The number of hydrogen-bond acceptors (Lipinski definition) is 3. The van der Waals surface area contributed by atoms with Crippen molar-refractivity contribution < 1.29 is 14.3 Å². The maximum atomic E-state index is 13.6. The SMILES string of the molecule is O=C(c1cncc2ccccc12)N1C[C@H](O)C[C@@H]1c1cccc(F)c1. The Morgan fingerprint density at radius 2 is 2.00 bits per heavy atom. The largest absolute Gasteiger partial charge is 0.391 e. The van der Waals surface area contributed by atoms with E-state index < -0.39 is 6.10 Å². The number of aliphatic hydroxyl groups is 1. The molecule has 5 heteroatoms. The molecule has 4 rings (SSSR count). The highest BCUT2D eigenvalue weighted by molar-refractivity contribution is 6.06. The van der Waals surface area contributed by atoms with Crippen molar-refractivity contribution >= 4 is 16.7 Å². The second-order valence-corrected chi connectivity index (χ2v) is 6.33. The normalized spacial score (nSPS) is 20.2. The third-order valence-electron chi connectivity index (χ3n) is 4.67. The van der Waals surface area contributed by atoms with Crippen LogP contribution in [-0.4, -0.2) is 33.5 Å². The van der Waals surface area contributed by atoms with Gasteiger partial charge < -0.3 is 10.0 Å². The predicted octanol–water partition coefficient (Wildman–Crippen LogP) is 3.32. The number of halogens is 1. The molecule has 2 heterocycles. The number of aliphatic hydroxyl groups excluding tert-OH is 1. The van der Waals surface area contributed by atoms with E-state index in [1.807, 2.05) is 24.3 Å². The summed E-state index contributed by atoms with van der Waals surface area (Å²) in [7, 11) is 0. The summed E-state index contributed by atoms with van der Waals surface area (Å²) in [6, 6.07) is 13.4. The molecule has 1 fully saturated rings. The molecule has 2 aromatic carbocycles. The van der Waals surface area contributed by atoms with Crippen LogP contribution in [0, 0.1) is 5.82 Å². The number of benzene rings is 2. The lowest BCUT2D eigenvalue weighted by Crippen LogP contribution is -2.32. The molecule has 3 aromatic rings. The van der Waals surface area contributed by atoms with Crippen molar-refractivity contribution in [3.8, 4) is 0 Å². The molecule has 0 radical (unpaired) electrons. The first kappa shape index (κ1) is 15.7. The summed E-state index contributed by atoms with van der Waals surface area (Å²) < 4.78 is 13.6. The minimum atomic E-state index is -0.625. The van der Waals surface area contributed by atoms with E-state index >= 15 is 0 Å². The van der Waals surface area contributed by atoms with E-state index in [4.69, 9.17) is 0 Å². The number of carbonyl (C=O) groups is 1. The molecule has 1 amide bonds. The number of carbonyl (C=O) groups excluding carboxylic acids is 1. The van der Waals surface area contributed by atoms with Gasteiger partial charge in [-0.15, -0.1) is 0 Å². The summed E-state index contributed by atoms with van der Waals surface area (Å²) in [6.45, 7) is 0.225. The van der Waals surface area contributed by atoms with E-state index in [2.05, 4.69) is 4.98 Å². The topological polar surface area (TPSA) is 53.4 Å². The number of hydrogen-bond donors (Lipinski definition) is 1. The molecule has 1 aliphatic rings. The fraction of sp³-hybridized carbons (Fsp3) is 0.200. The molecule has 0 unspecified atom stereocenters. The van der Waals surface area contributed by atoms with Gasteiger partial charge in [-0.05, 0) is 29.5 Å². The lowest BCUT2D eigenvalue weighted by Gasteiger charge is -2.25. The van der Waals surface area contributed by atoms with Gasteiger partial charge in [0.1, 0.15) is 5.82 Å². The summed E-state index contributed by atoms with van der Waals surface area (Å²) in [5, 5.41) is 11.8. The zero-order chi connectivity index (χ0) is 17.4. The van der Waals surface area contributed by atoms with E-state index in [0.29, 0.717) is 17.5 Å². The van der Waals surface area contributed by atoms with Crippen LogP contribution in [0.25, 0.3) is 10.8 Å². The molecule has 0 spiro atoms. The Bertz CT molecular complexity index is 938. The van der Waals surface area contributed by atoms with E-state index in [9.17, 15) is 14.3 Å². The first-order valence-electron chi connectivity index (χ1n) is 8.21. The third-order valence-corrected chi connectivity index (χ3v) is 4.67. The number of nitrogens with zero attached hydrogens (tertiary/aromatic N) is 2. The van der Waals surface area contributed by atoms with Gasteiger partial charge in [-0.3, -0.25) is 9.78 Å². The van der Waals surface area contributed by atoms with Gasteiger partial charge in [0, 0.05) is 24.3 Å². The molecule has 0 saturated carbocycles. The molecule has 0 bridgehead atoms. The summed E-state index contributed by atoms with van der Waals surface area (Å²) in [4.78, 5) is 18.9. The van der Waals surface area contributed by atoms with Gasteiger partial charge >= 0.3 is 0 Å². The molecule has 4 nitrogen and oxygen atoms in total. The van der Waals surface area contributed by atoms with Crippen LogP contribution < -0.4 is 0 Å². The van der Waals surface area contributed by atoms with Crippen molar-refractivity contribution in [2.24, 2.45) is 0 Å². The molecule has 25 heavy (non-hydrogen) atoms. The van der Waals surface area contributed by atoms with Crippen LogP contribution in [0.1, 0.15) is 28.4 Å². The van der Waals surface area contributed by atoms with Crippen LogP contribution in [-0.2, 0) is 0 Å². The van der Waals surface area contributed by atoms with Gasteiger partial charge in [-0.2, -0.15) is 0 Å². The fourth-order valence-corrected chi connectivity index (χ4v) is 3.51. The summed E-state index contributed by atoms with van der Waals surface area (Å²) in [5.74, 6) is -0.548. The Hall–Kier alpha value is -2.79. The van der Waals surface area contributed by atoms with Crippen LogP contribution in [0.2, 0.25) is 0 Å². The van der Waals surface area contributed by atoms with E-state index in [0.717, 1.165) is 10.8 Å². The van der Waals surface area contributed by atoms with Gasteiger partial charge in [0.25, 0.3) is 5.91 Å². The average Bonchev–Trinajstić information content (AvgIpc) is 3.02. The Morgan fingerprint density at radius 3 is 2.84 bits per heavy atom. The molecular formula is C20H17FN2O2. The van der Waals surface area contributed by atoms with E-state index in [-0.39, 0.29) is 24.3 Å². The van der Waals surface area contributed by atoms with Gasteiger partial charge in [-0.25, -0.2) is 4.39 Å². The maximum Gasteiger partial charge on any atom is 0.256 e. The van der Waals surface area contributed by atoms with Crippen molar-refractivity contribution in [1.29, 1.82) is 0 Å². The molecule has 1 N–H and O–H groups in total. The molecule has 126 valence electrons. The van der Waals surface area contributed by atoms with E-state index in [1.165, 1.54) is 12.1 Å². The highest BCUT2D eigenvalue weighted by Gasteiger charge is 2.36. The Balaban J connectivity index is 1.75. The molecule has 0 aliphatic carbocycles. The molecule has 1 saturated heterocycles. The van der Waals surface area contributed by atoms with Gasteiger partial charge in [0.15, 0.2) is 0 Å². The number of likely N-dealkylation sites (tertiary alicyclic amines) is 1. The highest BCUT2D eigenvalue weighted by atomic mass is 19.1. The number of β-amino-alcohol motifs (C(OH)–C–C–N with tert-alkyl or cyclic N) is 1. The molecule has 2 atom stereocenters. The number of pyridine rings is 1. The Morgan fingerprint density at radius 1 is 1.16 bits per heavy atom. The third kappa shape index (κ3) is 2.87. The monoisotopic (exact) mass is 336 g/mol. The van der Waals surface area contributed by atoms with E-state index in [1.54, 1.807) is 29.4 Å². The van der Waals surface area contributed by atoms with Crippen molar-refractivity contribution in [1.82, 2.24) is 9.88 Å². The number of fused-ring (bicyclic) bond motifs is 1. The first-order valence-corrected chi connectivity index (χ1v) is 8.21. The van der Waals surface area contributed by atoms with Gasteiger partial charge in [-0.1, -0.05) is 36.4 Å². The van der Waals surface area contributed by atoms with Crippen molar-refractivity contribution in [2.75, 3.05) is 6.54 Å². The van der Waals surface area contributed by atoms with Crippen LogP contribution in [0.15, 0.2) is 60.9 Å². The lowest BCUT2D eigenvalue weighted by molar-refractivity contribution is 0.0717. The van der Waals surface area contributed by atoms with Gasteiger partial charge in [0.2, 0.25) is 0 Å². The minimum Gasteiger partial charge on any atom is -0.391 e. The second-order valence-electron chi connectivity index (χ2n) is 6.33. The molecular weight excluding hydrogens is 319 g/mol. The fourth-order valence-electron chi connectivity index (χ4n) is 3.51. The smallest absolute Gasteiger partial charge is 0.256 e. The summed E-state index contributed by atoms with van der Waals surface area (Å²) >= 11 is 0. The Labute approximate surface area is 144 Å². The van der Waals surface area contributed by atoms with Crippen molar-refractivity contribution in [2.45, 2.75) is 18.6 Å². The standard InChI is InChI=1S/C20H17FN2O2/c21-15-6-3-5-13(8-15)19-9-16(24)12-23(19)20(25)18-11-22-10-14-4-1-2-7-17(14)18/h1-8,10-11,16,19,24H,9,12H2/t16-,19-/m1/s1. The van der Waals surface area contributed by atoms with Crippen molar-refractivity contribution in [3.05, 3.63) is 77.9 Å². The Kier molecular flexibility index (Phi) is 3.93. The number of rotatable bonds is 2. The maximum absolute atomic E-state index is 13.6. The number of aromatic nitrogens is 1. The van der Waals surface area contributed by atoms with Crippen molar-refractivity contribution in [3.63, 3.8) is 0 Å². The minimum absolute atomic E-state index is 0.199. The summed E-state index contributed by atoms with van der Waals surface area (Å²) in [5.41, 5.74) is 1.19. The zero-order valence-corrected chi connectivity index (χ0v) is 13.5. The highest BCUT2D eigenvalue weighted by Crippen LogP contribution is 2.34. The zero-order valence-electron chi connectivity index (χ0n) is 13.5. The second kappa shape index (κ2) is 6.26. The van der Waals surface area contributed by atoms with Crippen LogP contribution in [0.4, 0.5) is 4.39 Å². The van der Waals surface area contributed by atoms with Crippen LogP contribution in [0.5, 0.6) is 0 Å². The van der Waals surface area contributed by atoms with Crippen LogP contribution in [0.3, 0.4) is 0 Å².